The summed E-state index contributed by atoms with van der Waals surface area (Å²) in [5.41, 5.74) is 2.22. The molecule has 15 heteroatoms. The molecule has 234 valence electrons. The molecule has 8 rings (SSSR count). The van der Waals surface area contributed by atoms with Gasteiger partial charge in [0, 0.05) is 61.4 Å². The number of imide groups is 2. The maximum absolute atomic E-state index is 13.4. The van der Waals surface area contributed by atoms with Crippen LogP contribution in [0.1, 0.15) is 70.1 Å². The van der Waals surface area contributed by atoms with Crippen LogP contribution in [0, 0.1) is 0 Å². The Kier molecular flexibility index (Phi) is 6.91. The number of nitrogens with one attached hydrogen (secondary N) is 1. The summed E-state index contributed by atoms with van der Waals surface area (Å²) in [6.07, 6.45) is 5.93. The van der Waals surface area contributed by atoms with Crippen LogP contribution in [-0.4, -0.2) is 95.4 Å². The monoisotopic (exact) mass is 640 g/mol. The first-order valence-corrected chi connectivity index (χ1v) is 15.7. The Hall–Kier alpha value is -4.95. The lowest BCUT2D eigenvalue weighted by Crippen LogP contribution is -2.54. The third-order valence-corrected chi connectivity index (χ3v) is 9.36. The van der Waals surface area contributed by atoms with E-state index in [2.05, 4.69) is 30.6 Å². The molecule has 0 radical (unpaired) electrons. The zero-order chi connectivity index (χ0) is 31.5. The minimum absolute atomic E-state index is 0.0761. The van der Waals surface area contributed by atoms with Crippen LogP contribution in [0.2, 0.25) is 5.02 Å². The molecular formula is C31H29ClN10O4. The number of halogens is 1. The lowest BCUT2D eigenvalue weighted by atomic mass is 10.0. The molecule has 46 heavy (non-hydrogen) atoms. The number of carbonyl (C=O) groups excluding carboxylic acids is 4. The maximum Gasteiger partial charge on any atom is 0.262 e. The van der Waals surface area contributed by atoms with Crippen molar-refractivity contribution >= 4 is 40.9 Å². The SMILES string of the molecule is O=C1CCC(N2C(=O)c3ccc(N4CCN(C(c5nccn5-c5cccc(Cl)c5)c5nnnn5C5CC5)CC4)cc3C2=O)C(=O)N1. The van der Waals surface area contributed by atoms with Crippen molar-refractivity contribution < 1.29 is 19.2 Å². The Morgan fingerprint density at radius 2 is 1.67 bits per heavy atom. The van der Waals surface area contributed by atoms with Gasteiger partial charge < -0.3 is 9.47 Å². The lowest BCUT2D eigenvalue weighted by Gasteiger charge is -2.39. The van der Waals surface area contributed by atoms with Crippen LogP contribution in [0.15, 0.2) is 54.9 Å². The Bertz CT molecular complexity index is 1890. The first-order valence-electron chi connectivity index (χ1n) is 15.3. The van der Waals surface area contributed by atoms with Gasteiger partial charge in [0.2, 0.25) is 11.8 Å². The maximum atomic E-state index is 13.4. The van der Waals surface area contributed by atoms with Gasteiger partial charge in [-0.3, -0.25) is 34.3 Å². The number of anilines is 1. The van der Waals surface area contributed by atoms with Gasteiger partial charge in [-0.05, 0) is 66.1 Å². The molecule has 0 spiro atoms. The highest BCUT2D eigenvalue weighted by Gasteiger charge is 2.45. The van der Waals surface area contributed by atoms with Gasteiger partial charge in [-0.1, -0.05) is 17.7 Å². The van der Waals surface area contributed by atoms with E-state index in [4.69, 9.17) is 16.6 Å². The van der Waals surface area contributed by atoms with Crippen LogP contribution >= 0.6 is 11.6 Å². The first-order chi connectivity index (χ1) is 22.4. The van der Waals surface area contributed by atoms with Crippen molar-refractivity contribution in [1.29, 1.82) is 0 Å². The minimum Gasteiger partial charge on any atom is -0.369 e. The molecule has 2 saturated heterocycles. The molecule has 1 saturated carbocycles. The highest BCUT2D eigenvalue weighted by atomic mass is 35.5. The third-order valence-electron chi connectivity index (χ3n) is 9.12. The number of carbonyl (C=O) groups is 4. The van der Waals surface area contributed by atoms with Gasteiger partial charge in [0.15, 0.2) is 5.82 Å². The number of imidazole rings is 1. The second kappa shape index (κ2) is 11.1. The number of hydrogen-bond acceptors (Lipinski definition) is 10. The Morgan fingerprint density at radius 1 is 0.870 bits per heavy atom. The van der Waals surface area contributed by atoms with Gasteiger partial charge in [-0.2, -0.15) is 0 Å². The van der Waals surface area contributed by atoms with Crippen molar-refractivity contribution in [3.63, 3.8) is 0 Å². The molecule has 2 aromatic heterocycles. The Morgan fingerprint density at radius 3 is 2.43 bits per heavy atom. The van der Waals surface area contributed by atoms with E-state index in [1.807, 2.05) is 45.8 Å². The number of hydrogen-bond donors (Lipinski definition) is 1. The summed E-state index contributed by atoms with van der Waals surface area (Å²) in [6.45, 7) is 2.57. The number of amides is 4. The topological polar surface area (TPSA) is 151 Å². The summed E-state index contributed by atoms with van der Waals surface area (Å²) < 4.78 is 3.94. The van der Waals surface area contributed by atoms with E-state index < -0.39 is 29.7 Å². The summed E-state index contributed by atoms with van der Waals surface area (Å²) >= 11 is 6.34. The summed E-state index contributed by atoms with van der Waals surface area (Å²) in [5.74, 6) is -0.547. The number of fused-ring (bicyclic) bond motifs is 1. The zero-order valence-electron chi connectivity index (χ0n) is 24.6. The average molecular weight is 641 g/mol. The molecule has 4 aliphatic rings. The van der Waals surface area contributed by atoms with Crippen molar-refractivity contribution in [2.75, 3.05) is 31.1 Å². The van der Waals surface area contributed by atoms with E-state index in [9.17, 15) is 19.2 Å². The third kappa shape index (κ3) is 4.84. The molecule has 3 fully saturated rings. The van der Waals surface area contributed by atoms with Gasteiger partial charge in [-0.15, -0.1) is 5.10 Å². The van der Waals surface area contributed by atoms with Crippen LogP contribution < -0.4 is 10.2 Å². The molecule has 4 aromatic rings. The van der Waals surface area contributed by atoms with E-state index in [0.717, 1.165) is 40.8 Å². The predicted molar refractivity (Wildman–Crippen MR) is 163 cm³/mol. The number of nitrogens with zero attached hydrogens (tertiary/aromatic N) is 9. The summed E-state index contributed by atoms with van der Waals surface area (Å²) in [6, 6.07) is 11.8. The van der Waals surface area contributed by atoms with Crippen molar-refractivity contribution in [3.8, 4) is 5.69 Å². The molecule has 4 amide bonds. The van der Waals surface area contributed by atoms with E-state index in [-0.39, 0.29) is 36.1 Å². The number of benzene rings is 2. The fraction of sp³-hybridized carbons (Fsp3) is 0.355. The number of piperidine rings is 1. The largest absolute Gasteiger partial charge is 0.369 e. The molecule has 2 aromatic carbocycles. The zero-order valence-corrected chi connectivity index (χ0v) is 25.4. The highest BCUT2D eigenvalue weighted by Crippen LogP contribution is 2.39. The molecule has 3 aliphatic heterocycles. The molecule has 1 aliphatic carbocycles. The van der Waals surface area contributed by atoms with Crippen molar-refractivity contribution in [2.45, 2.75) is 43.8 Å². The average Bonchev–Trinajstić information content (AvgIpc) is 3.48. The minimum atomic E-state index is -0.999. The van der Waals surface area contributed by atoms with Crippen molar-refractivity contribution in [2.24, 2.45) is 0 Å². The quantitative estimate of drug-likeness (QED) is 0.298. The number of aromatic nitrogens is 6. The van der Waals surface area contributed by atoms with Gasteiger partial charge in [-0.25, -0.2) is 9.67 Å². The second-order valence-electron chi connectivity index (χ2n) is 12.0. The predicted octanol–water partition coefficient (Wildman–Crippen LogP) is 2.16. The summed E-state index contributed by atoms with van der Waals surface area (Å²) in [4.78, 5) is 61.0. The number of tetrazole rings is 1. The molecular weight excluding hydrogens is 612 g/mol. The van der Waals surface area contributed by atoms with Gasteiger partial charge in [0.25, 0.3) is 11.8 Å². The first kappa shape index (κ1) is 28.5. The molecule has 2 unspecified atom stereocenters. The summed E-state index contributed by atoms with van der Waals surface area (Å²) in [5, 5.41) is 15.7. The molecule has 14 nitrogen and oxygen atoms in total. The molecule has 1 N–H and O–H groups in total. The van der Waals surface area contributed by atoms with E-state index in [1.54, 1.807) is 18.3 Å². The highest BCUT2D eigenvalue weighted by molar-refractivity contribution is 6.30. The van der Waals surface area contributed by atoms with E-state index >= 15 is 0 Å². The van der Waals surface area contributed by atoms with Crippen LogP contribution in [-0.2, 0) is 9.59 Å². The molecule has 0 bridgehead atoms. The van der Waals surface area contributed by atoms with E-state index in [0.29, 0.717) is 31.2 Å². The van der Waals surface area contributed by atoms with Crippen LogP contribution in [0.4, 0.5) is 5.69 Å². The smallest absolute Gasteiger partial charge is 0.262 e. The van der Waals surface area contributed by atoms with Gasteiger partial charge in [0.1, 0.15) is 17.9 Å². The van der Waals surface area contributed by atoms with Gasteiger partial charge >= 0.3 is 0 Å². The Balaban J connectivity index is 1.05. The van der Waals surface area contributed by atoms with Crippen molar-refractivity contribution in [1.82, 2.24) is 44.9 Å². The van der Waals surface area contributed by atoms with E-state index in [1.165, 1.54) is 0 Å². The fourth-order valence-electron chi connectivity index (χ4n) is 6.66. The number of rotatable bonds is 7. The standard InChI is InChI=1S/C31H29ClN10O4/c32-18-2-1-3-21(16-18)40-11-10-33-27(40)26(28-35-36-37-42(28)19-4-5-19)39-14-12-38(13-15-39)20-6-7-22-23(17-20)31(46)41(30(22)45)24-8-9-25(43)34-29(24)44/h1-3,6-7,10-11,16-17,19,24,26H,4-5,8-9,12-15H2,(H,34,43,44). The molecule has 5 heterocycles. The van der Waals surface area contributed by atoms with Crippen LogP contribution in [0.5, 0.6) is 0 Å². The molecule has 2 atom stereocenters. The normalized spacial score (nSPS) is 21.1. The number of piperazine rings is 1. The van der Waals surface area contributed by atoms with Gasteiger partial charge in [0.05, 0.1) is 17.2 Å². The second-order valence-corrected chi connectivity index (χ2v) is 12.4. The Labute approximate surface area is 267 Å². The fourth-order valence-corrected chi connectivity index (χ4v) is 6.84. The lowest BCUT2D eigenvalue weighted by molar-refractivity contribution is -0.136. The van der Waals surface area contributed by atoms with Crippen molar-refractivity contribution in [3.05, 3.63) is 82.7 Å². The van der Waals surface area contributed by atoms with Crippen LogP contribution in [0.25, 0.3) is 5.69 Å². The summed E-state index contributed by atoms with van der Waals surface area (Å²) in [7, 11) is 0. The van der Waals surface area contributed by atoms with Crippen LogP contribution in [0.3, 0.4) is 0 Å².